The molecule has 1 aliphatic rings. The maximum Gasteiger partial charge on any atom is 0.255 e. The number of primary amides is 1. The minimum Gasteiger partial charge on any atom is -0.393 e. The van der Waals surface area contributed by atoms with Crippen LogP contribution in [0.25, 0.3) is 11.2 Å². The smallest absolute Gasteiger partial charge is 0.255 e. The van der Waals surface area contributed by atoms with E-state index in [0.29, 0.717) is 0 Å². The largest absolute Gasteiger partial charge is 0.393 e. The van der Waals surface area contributed by atoms with Crippen LogP contribution < -0.4 is 11.5 Å². The fourth-order valence-corrected chi connectivity index (χ4v) is 2.71. The van der Waals surface area contributed by atoms with Gasteiger partial charge >= 0.3 is 0 Å². The summed E-state index contributed by atoms with van der Waals surface area (Å²) in [7, 11) is 0. The highest BCUT2D eigenvalue weighted by Crippen LogP contribution is 2.38. The first-order valence-electron chi connectivity index (χ1n) is 7.23. The van der Waals surface area contributed by atoms with Crippen LogP contribution in [0.1, 0.15) is 19.0 Å². The number of hydrogen-bond acceptors (Lipinski definition) is 9. The van der Waals surface area contributed by atoms with Crippen molar-refractivity contribution in [3.63, 3.8) is 0 Å². The van der Waals surface area contributed by atoms with Crippen molar-refractivity contribution >= 4 is 22.9 Å². The van der Waals surface area contributed by atoms with Gasteiger partial charge in [0.1, 0.15) is 17.7 Å². The lowest BCUT2D eigenvalue weighted by Gasteiger charge is -2.25. The summed E-state index contributed by atoms with van der Waals surface area (Å²) in [5.41, 5.74) is 9.32. The number of nitrogen functional groups attached to an aromatic ring is 1. The molecule has 0 bridgehead atoms. The van der Waals surface area contributed by atoms with Gasteiger partial charge in [-0.2, -0.15) is 0 Å². The summed E-state index contributed by atoms with van der Waals surface area (Å²) in [5, 5.41) is 29.9. The molecule has 0 aliphatic carbocycles. The topological polar surface area (TPSA) is 183 Å². The van der Waals surface area contributed by atoms with Crippen LogP contribution in [0.2, 0.25) is 0 Å². The Balaban J connectivity index is 2.13. The SMILES string of the molecule is CC#Cc1nc(N)c2ncn([C@@H]3O[C@@](CO)(C(N)=O)[C@@H](O)[C@H]3O)c2n1. The molecule has 0 aromatic carbocycles. The lowest BCUT2D eigenvalue weighted by Crippen LogP contribution is -2.56. The minimum atomic E-state index is -2.15. The Bertz CT molecular complexity index is 902. The van der Waals surface area contributed by atoms with Crippen molar-refractivity contribution in [2.24, 2.45) is 5.73 Å². The first kappa shape index (κ1) is 17.1. The molecule has 0 saturated carbocycles. The van der Waals surface area contributed by atoms with E-state index in [-0.39, 0.29) is 22.8 Å². The number of hydrogen-bond donors (Lipinski definition) is 5. The van der Waals surface area contributed by atoms with Crippen molar-refractivity contribution in [1.29, 1.82) is 0 Å². The average Bonchev–Trinajstić information content (AvgIpc) is 3.09. The van der Waals surface area contributed by atoms with Crippen LogP contribution in [0.5, 0.6) is 0 Å². The molecule has 1 saturated heterocycles. The molecule has 0 radical (unpaired) electrons. The molecular weight excluding hydrogens is 332 g/mol. The van der Waals surface area contributed by atoms with E-state index in [1.54, 1.807) is 6.92 Å². The zero-order valence-electron chi connectivity index (χ0n) is 13.1. The van der Waals surface area contributed by atoms with Gasteiger partial charge in [0.2, 0.25) is 5.82 Å². The normalized spacial score (nSPS) is 28.7. The molecule has 11 heteroatoms. The van der Waals surface area contributed by atoms with Crippen molar-refractivity contribution in [3.05, 3.63) is 12.2 Å². The molecule has 3 rings (SSSR count). The van der Waals surface area contributed by atoms with Crippen molar-refractivity contribution < 1.29 is 24.9 Å². The maximum absolute atomic E-state index is 11.7. The maximum atomic E-state index is 11.7. The predicted octanol–water partition coefficient (Wildman–Crippen LogP) is -2.75. The van der Waals surface area contributed by atoms with Gasteiger partial charge in [-0.3, -0.25) is 9.36 Å². The Morgan fingerprint density at radius 1 is 1.48 bits per heavy atom. The van der Waals surface area contributed by atoms with Crippen molar-refractivity contribution in [2.75, 3.05) is 12.3 Å². The van der Waals surface area contributed by atoms with E-state index in [1.807, 2.05) is 0 Å². The Kier molecular flexibility index (Phi) is 4.05. The highest BCUT2D eigenvalue weighted by atomic mass is 16.6. The molecular formula is C14H16N6O5. The Morgan fingerprint density at radius 2 is 2.20 bits per heavy atom. The fourth-order valence-electron chi connectivity index (χ4n) is 2.71. The van der Waals surface area contributed by atoms with E-state index in [9.17, 15) is 20.1 Å². The molecule has 25 heavy (non-hydrogen) atoms. The molecule has 0 spiro atoms. The molecule has 3 heterocycles. The second-order valence-corrected chi connectivity index (χ2v) is 5.49. The summed E-state index contributed by atoms with van der Waals surface area (Å²) in [6, 6.07) is 0. The van der Waals surface area contributed by atoms with Crippen molar-refractivity contribution in [2.45, 2.75) is 31.0 Å². The Labute approximate surface area is 141 Å². The number of ether oxygens (including phenoxy) is 1. The van der Waals surface area contributed by atoms with Gasteiger partial charge in [0.05, 0.1) is 12.9 Å². The van der Waals surface area contributed by atoms with E-state index in [0.717, 1.165) is 0 Å². The van der Waals surface area contributed by atoms with Gasteiger partial charge in [-0.25, -0.2) is 15.0 Å². The van der Waals surface area contributed by atoms with Gasteiger partial charge in [0.25, 0.3) is 5.91 Å². The van der Waals surface area contributed by atoms with Gasteiger partial charge in [-0.15, -0.1) is 0 Å². The van der Waals surface area contributed by atoms with Crippen LogP contribution in [-0.4, -0.2) is 65.2 Å². The number of anilines is 1. The number of fused-ring (bicyclic) bond motifs is 1. The van der Waals surface area contributed by atoms with Gasteiger partial charge < -0.3 is 31.5 Å². The molecule has 1 fully saturated rings. The van der Waals surface area contributed by atoms with Gasteiger partial charge in [-0.1, -0.05) is 5.92 Å². The molecule has 2 aromatic rings. The number of carbonyl (C=O) groups is 1. The fraction of sp³-hybridized carbons (Fsp3) is 0.429. The summed E-state index contributed by atoms with van der Waals surface area (Å²) in [6.45, 7) is 0.692. The van der Waals surface area contributed by atoms with Crippen LogP contribution in [0.4, 0.5) is 5.82 Å². The summed E-state index contributed by atoms with van der Waals surface area (Å²) in [5.74, 6) is 4.38. The van der Waals surface area contributed by atoms with Gasteiger partial charge in [0.15, 0.2) is 23.3 Å². The number of rotatable bonds is 3. The monoisotopic (exact) mass is 348 g/mol. The van der Waals surface area contributed by atoms with E-state index < -0.39 is 36.6 Å². The van der Waals surface area contributed by atoms with Crippen molar-refractivity contribution in [1.82, 2.24) is 19.5 Å². The van der Waals surface area contributed by atoms with E-state index in [4.69, 9.17) is 16.2 Å². The van der Waals surface area contributed by atoms with Gasteiger partial charge in [0, 0.05) is 0 Å². The van der Waals surface area contributed by atoms with Crippen LogP contribution >= 0.6 is 0 Å². The first-order valence-corrected chi connectivity index (χ1v) is 7.23. The number of aliphatic hydroxyl groups is 3. The molecule has 7 N–H and O–H groups in total. The molecule has 11 nitrogen and oxygen atoms in total. The third-order valence-corrected chi connectivity index (χ3v) is 4.04. The summed E-state index contributed by atoms with van der Waals surface area (Å²) < 4.78 is 6.70. The third kappa shape index (κ3) is 2.39. The van der Waals surface area contributed by atoms with Crippen LogP contribution in [0.15, 0.2) is 6.33 Å². The number of nitrogens with zero attached hydrogens (tertiary/aromatic N) is 4. The van der Waals surface area contributed by atoms with Gasteiger partial charge in [-0.05, 0) is 12.8 Å². The van der Waals surface area contributed by atoms with Crippen LogP contribution in [0.3, 0.4) is 0 Å². The second-order valence-electron chi connectivity index (χ2n) is 5.49. The minimum absolute atomic E-state index is 0.0675. The zero-order valence-corrected chi connectivity index (χ0v) is 13.1. The average molecular weight is 348 g/mol. The van der Waals surface area contributed by atoms with E-state index >= 15 is 0 Å². The molecule has 2 aromatic heterocycles. The molecule has 4 atom stereocenters. The summed E-state index contributed by atoms with van der Waals surface area (Å²) >= 11 is 0. The summed E-state index contributed by atoms with van der Waals surface area (Å²) in [6.07, 6.45) is -3.34. The molecule has 0 unspecified atom stereocenters. The lowest BCUT2D eigenvalue weighted by atomic mass is 9.95. The molecule has 132 valence electrons. The van der Waals surface area contributed by atoms with Crippen LogP contribution in [-0.2, 0) is 9.53 Å². The number of imidazole rings is 1. The van der Waals surface area contributed by atoms with Crippen LogP contribution in [0, 0.1) is 11.8 Å². The Hall–Kier alpha value is -2.78. The van der Waals surface area contributed by atoms with E-state index in [2.05, 4.69) is 26.8 Å². The predicted molar refractivity (Wildman–Crippen MR) is 83.4 cm³/mol. The summed E-state index contributed by atoms with van der Waals surface area (Å²) in [4.78, 5) is 23.9. The van der Waals surface area contributed by atoms with E-state index in [1.165, 1.54) is 10.9 Å². The number of carbonyl (C=O) groups excluding carboxylic acids is 1. The number of aliphatic hydroxyl groups excluding tert-OH is 3. The number of amides is 1. The first-order chi connectivity index (χ1) is 11.9. The highest BCUT2D eigenvalue weighted by Gasteiger charge is 2.58. The quantitative estimate of drug-likeness (QED) is 0.367. The number of nitrogens with two attached hydrogens (primary N) is 2. The molecule has 1 amide bonds. The highest BCUT2D eigenvalue weighted by molar-refractivity contribution is 5.85. The van der Waals surface area contributed by atoms with Crippen molar-refractivity contribution in [3.8, 4) is 11.8 Å². The third-order valence-electron chi connectivity index (χ3n) is 4.04. The second kappa shape index (κ2) is 5.94. The Morgan fingerprint density at radius 3 is 2.76 bits per heavy atom. The lowest BCUT2D eigenvalue weighted by molar-refractivity contribution is -0.163. The zero-order chi connectivity index (χ0) is 18.4. The molecule has 1 aliphatic heterocycles. The standard InChI is InChI=1S/C14H16N6O5/c1-2-3-6-18-10(15)7-11(19-6)20(5-17-7)12-8(22)9(23)14(4-21,25-12)13(16)24/h5,8-9,12,21-23H,4H2,1H3,(H2,16,24)(H2,15,18,19)/t8-,9+,12-,14-/m1/s1. The number of aromatic nitrogens is 4.